The van der Waals surface area contributed by atoms with Crippen LogP contribution in [0, 0.1) is 12.8 Å². The molecule has 1 unspecified atom stereocenters. The fourth-order valence-corrected chi connectivity index (χ4v) is 4.83. The Morgan fingerprint density at radius 1 is 1.22 bits per heavy atom. The molecular formula is C24H32N4O4. The van der Waals surface area contributed by atoms with Crippen molar-refractivity contribution in [2.75, 3.05) is 53.0 Å². The molecule has 4 rings (SSSR count). The number of hydrogen-bond acceptors (Lipinski definition) is 6. The molecule has 1 aromatic heterocycles. The van der Waals surface area contributed by atoms with Crippen molar-refractivity contribution >= 4 is 5.91 Å². The standard InChI is InChI=1S/C24H32N4O4/c1-16(13-27-8-10-32-11-9-27)24(30)28-14-20(18-4-6-19(31-3)7-5-18)21(15-28)22-12-23(29)26-17(2)25-22/h4-7,12,16,20-21H,8-11,13-15H2,1-3H3,(H,25,26,29)/t16?,20-,21+/m0/s1. The largest absolute Gasteiger partial charge is 0.497 e. The summed E-state index contributed by atoms with van der Waals surface area (Å²) >= 11 is 0. The number of nitrogens with zero attached hydrogens (tertiary/aromatic N) is 3. The number of ether oxygens (including phenoxy) is 2. The van der Waals surface area contributed by atoms with Crippen LogP contribution in [0.2, 0.25) is 0 Å². The van der Waals surface area contributed by atoms with Crippen LogP contribution in [0.15, 0.2) is 35.1 Å². The molecule has 0 aliphatic carbocycles. The van der Waals surface area contributed by atoms with Crippen molar-refractivity contribution in [3.63, 3.8) is 0 Å². The molecule has 0 radical (unpaired) electrons. The fraction of sp³-hybridized carbons (Fsp3) is 0.542. The topological polar surface area (TPSA) is 87.8 Å². The first-order chi connectivity index (χ1) is 15.4. The number of aromatic amines is 1. The molecule has 172 valence electrons. The third-order valence-electron chi connectivity index (χ3n) is 6.49. The molecule has 2 fully saturated rings. The highest BCUT2D eigenvalue weighted by Gasteiger charge is 2.39. The average Bonchev–Trinajstić information content (AvgIpc) is 3.24. The Kier molecular flexibility index (Phi) is 6.91. The van der Waals surface area contributed by atoms with Crippen LogP contribution in [0.4, 0.5) is 0 Å². The molecule has 32 heavy (non-hydrogen) atoms. The van der Waals surface area contributed by atoms with Crippen LogP contribution < -0.4 is 10.3 Å². The highest BCUT2D eigenvalue weighted by atomic mass is 16.5. The third kappa shape index (κ3) is 5.02. The van der Waals surface area contributed by atoms with Gasteiger partial charge < -0.3 is 19.4 Å². The monoisotopic (exact) mass is 440 g/mol. The summed E-state index contributed by atoms with van der Waals surface area (Å²) in [4.78, 5) is 37.1. The smallest absolute Gasteiger partial charge is 0.251 e. The van der Waals surface area contributed by atoms with E-state index in [0.29, 0.717) is 18.9 Å². The van der Waals surface area contributed by atoms with E-state index in [1.807, 2.05) is 36.1 Å². The van der Waals surface area contributed by atoms with E-state index in [-0.39, 0.29) is 29.2 Å². The Labute approximate surface area is 188 Å². The van der Waals surface area contributed by atoms with Gasteiger partial charge in [0.05, 0.1) is 26.0 Å². The number of nitrogens with one attached hydrogen (secondary N) is 1. The predicted octanol–water partition coefficient (Wildman–Crippen LogP) is 1.76. The average molecular weight is 441 g/mol. The number of morpholine rings is 1. The summed E-state index contributed by atoms with van der Waals surface area (Å²) in [5.41, 5.74) is 1.70. The highest BCUT2D eigenvalue weighted by molar-refractivity contribution is 5.79. The number of H-pyrrole nitrogens is 1. The molecule has 2 aliphatic rings. The van der Waals surface area contributed by atoms with Gasteiger partial charge in [-0.1, -0.05) is 19.1 Å². The highest BCUT2D eigenvalue weighted by Crippen LogP contribution is 2.39. The SMILES string of the molecule is COc1ccc([C@@H]2CN(C(=O)C(C)CN3CCOCC3)C[C@H]2c2cc(=O)[nH]c(C)n2)cc1. The fourth-order valence-electron chi connectivity index (χ4n) is 4.83. The maximum absolute atomic E-state index is 13.4. The summed E-state index contributed by atoms with van der Waals surface area (Å²) in [6.45, 7) is 8.86. The maximum atomic E-state index is 13.4. The number of methoxy groups -OCH3 is 1. The van der Waals surface area contributed by atoms with Gasteiger partial charge in [0.2, 0.25) is 5.91 Å². The molecule has 0 spiro atoms. The van der Waals surface area contributed by atoms with E-state index < -0.39 is 0 Å². The molecule has 2 aromatic rings. The number of carbonyl (C=O) groups is 1. The normalized spacial score (nSPS) is 22.7. The minimum absolute atomic E-state index is 0.0380. The minimum Gasteiger partial charge on any atom is -0.497 e. The summed E-state index contributed by atoms with van der Waals surface area (Å²) < 4.78 is 10.7. The van der Waals surface area contributed by atoms with E-state index in [9.17, 15) is 9.59 Å². The Bertz CT molecular complexity index is 984. The molecule has 8 heteroatoms. The van der Waals surface area contributed by atoms with Crippen LogP contribution in [0.3, 0.4) is 0 Å². The van der Waals surface area contributed by atoms with Crippen LogP contribution in [-0.2, 0) is 9.53 Å². The molecule has 0 saturated carbocycles. The molecule has 3 atom stereocenters. The number of likely N-dealkylation sites (tertiary alicyclic amines) is 1. The molecule has 2 aliphatic heterocycles. The summed E-state index contributed by atoms with van der Waals surface area (Å²) in [6.07, 6.45) is 0. The van der Waals surface area contributed by atoms with Crippen LogP contribution in [0.1, 0.15) is 35.8 Å². The van der Waals surface area contributed by atoms with Gasteiger partial charge in [-0.15, -0.1) is 0 Å². The second-order valence-electron chi connectivity index (χ2n) is 8.80. The zero-order valence-corrected chi connectivity index (χ0v) is 19.0. The van der Waals surface area contributed by atoms with Gasteiger partial charge in [0.1, 0.15) is 11.6 Å². The summed E-state index contributed by atoms with van der Waals surface area (Å²) in [6, 6.07) is 9.53. The van der Waals surface area contributed by atoms with Gasteiger partial charge in [-0.25, -0.2) is 4.98 Å². The van der Waals surface area contributed by atoms with Gasteiger partial charge in [0.25, 0.3) is 5.56 Å². The van der Waals surface area contributed by atoms with E-state index in [1.165, 1.54) is 0 Å². The van der Waals surface area contributed by atoms with Gasteiger partial charge in [0.15, 0.2) is 0 Å². The number of carbonyl (C=O) groups excluding carboxylic acids is 1. The van der Waals surface area contributed by atoms with E-state index in [0.717, 1.165) is 49.9 Å². The van der Waals surface area contributed by atoms with Crippen LogP contribution in [0.5, 0.6) is 5.75 Å². The maximum Gasteiger partial charge on any atom is 0.251 e. The van der Waals surface area contributed by atoms with Crippen molar-refractivity contribution in [1.82, 2.24) is 19.8 Å². The number of rotatable bonds is 6. The second kappa shape index (κ2) is 9.83. The number of aromatic nitrogens is 2. The molecular weight excluding hydrogens is 408 g/mol. The molecule has 2 saturated heterocycles. The van der Waals surface area contributed by atoms with Gasteiger partial charge in [-0.05, 0) is 24.6 Å². The lowest BCUT2D eigenvalue weighted by Crippen LogP contribution is -2.43. The Morgan fingerprint density at radius 2 is 1.91 bits per heavy atom. The molecule has 1 aromatic carbocycles. The predicted molar refractivity (Wildman–Crippen MR) is 121 cm³/mol. The van der Waals surface area contributed by atoms with E-state index in [2.05, 4.69) is 14.9 Å². The Morgan fingerprint density at radius 3 is 2.56 bits per heavy atom. The van der Waals surface area contributed by atoms with Crippen molar-refractivity contribution in [3.05, 3.63) is 57.8 Å². The van der Waals surface area contributed by atoms with Gasteiger partial charge in [0, 0.05) is 56.5 Å². The minimum atomic E-state index is -0.161. The Balaban J connectivity index is 1.56. The van der Waals surface area contributed by atoms with Crippen LogP contribution in [0.25, 0.3) is 0 Å². The molecule has 1 N–H and O–H groups in total. The first-order valence-corrected chi connectivity index (χ1v) is 11.3. The van der Waals surface area contributed by atoms with Crippen molar-refractivity contribution in [2.45, 2.75) is 25.7 Å². The molecule has 8 nitrogen and oxygen atoms in total. The Hall–Kier alpha value is -2.71. The van der Waals surface area contributed by atoms with Crippen molar-refractivity contribution in [3.8, 4) is 5.75 Å². The molecule has 3 heterocycles. The molecule has 0 bridgehead atoms. The summed E-state index contributed by atoms with van der Waals surface area (Å²) in [5.74, 6) is 1.46. The van der Waals surface area contributed by atoms with E-state index in [4.69, 9.17) is 9.47 Å². The lowest BCUT2D eigenvalue weighted by molar-refractivity contribution is -0.135. The van der Waals surface area contributed by atoms with Gasteiger partial charge in [-0.2, -0.15) is 0 Å². The van der Waals surface area contributed by atoms with Crippen LogP contribution >= 0.6 is 0 Å². The zero-order valence-electron chi connectivity index (χ0n) is 19.0. The third-order valence-corrected chi connectivity index (χ3v) is 6.49. The quantitative estimate of drug-likeness (QED) is 0.737. The summed E-state index contributed by atoms with van der Waals surface area (Å²) in [5, 5.41) is 0. The first-order valence-electron chi connectivity index (χ1n) is 11.3. The first kappa shape index (κ1) is 22.5. The van der Waals surface area contributed by atoms with Gasteiger partial charge >= 0.3 is 0 Å². The van der Waals surface area contributed by atoms with Crippen molar-refractivity contribution in [2.24, 2.45) is 5.92 Å². The number of aryl methyl sites for hydroxylation is 1. The molecule has 1 amide bonds. The van der Waals surface area contributed by atoms with E-state index in [1.54, 1.807) is 20.1 Å². The van der Waals surface area contributed by atoms with Crippen molar-refractivity contribution in [1.29, 1.82) is 0 Å². The number of amides is 1. The van der Waals surface area contributed by atoms with Crippen molar-refractivity contribution < 1.29 is 14.3 Å². The van der Waals surface area contributed by atoms with E-state index >= 15 is 0 Å². The zero-order chi connectivity index (χ0) is 22.7. The lowest BCUT2D eigenvalue weighted by atomic mass is 9.86. The summed E-state index contributed by atoms with van der Waals surface area (Å²) in [7, 11) is 1.65. The van der Waals surface area contributed by atoms with Gasteiger partial charge in [-0.3, -0.25) is 14.5 Å². The number of benzene rings is 1. The second-order valence-corrected chi connectivity index (χ2v) is 8.80. The van der Waals surface area contributed by atoms with Crippen LogP contribution in [-0.4, -0.2) is 78.7 Å². The number of hydrogen-bond donors (Lipinski definition) is 1. The lowest BCUT2D eigenvalue weighted by Gasteiger charge is -2.30.